The van der Waals surface area contributed by atoms with E-state index in [1.54, 1.807) is 0 Å². The van der Waals surface area contributed by atoms with Crippen molar-refractivity contribution in [3.8, 4) is 0 Å². The number of para-hydroxylation sites is 2. The van der Waals surface area contributed by atoms with E-state index in [2.05, 4.69) is 72.8 Å². The van der Waals surface area contributed by atoms with Crippen LogP contribution < -0.4 is 10.6 Å². The van der Waals surface area contributed by atoms with Gasteiger partial charge >= 0.3 is 0 Å². The van der Waals surface area contributed by atoms with Crippen LogP contribution in [-0.2, 0) is 6.54 Å². The Kier molecular flexibility index (Phi) is 4.10. The van der Waals surface area contributed by atoms with E-state index < -0.39 is 0 Å². The molecule has 0 aliphatic rings. The minimum Gasteiger partial charge on any atom is -0.326 e. The summed E-state index contributed by atoms with van der Waals surface area (Å²) in [6, 6.07) is 29.5. The molecular weight excluding hydrogens is 256 g/mol. The predicted octanol–water partition coefficient (Wildman–Crippen LogP) is 3.33. The van der Waals surface area contributed by atoms with Gasteiger partial charge in [-0.05, 0) is 29.8 Å². The second kappa shape index (κ2) is 6.35. The van der Waals surface area contributed by atoms with Crippen LogP contribution in [0.25, 0.3) is 0 Å². The summed E-state index contributed by atoms with van der Waals surface area (Å²) in [5.74, 6) is 0. The van der Waals surface area contributed by atoms with E-state index >= 15 is 0 Å². The number of hydrogen-bond donors (Lipinski definition) is 2. The Bertz CT molecular complexity index is 636. The quantitative estimate of drug-likeness (QED) is 0.751. The molecule has 0 bridgehead atoms. The van der Waals surface area contributed by atoms with Crippen LogP contribution in [0.4, 0.5) is 17.1 Å². The molecule has 2 heteroatoms. The zero-order valence-corrected chi connectivity index (χ0v) is 11.9. The van der Waals surface area contributed by atoms with E-state index in [1.165, 1.54) is 22.0 Å². The number of quaternary nitrogens is 1. The molecule has 21 heavy (non-hydrogen) atoms. The smallest absolute Gasteiger partial charge is 0.141 e. The summed E-state index contributed by atoms with van der Waals surface area (Å²) in [6.45, 7) is 0.576. The number of rotatable bonds is 4. The second-order valence-corrected chi connectivity index (χ2v) is 5.01. The Morgan fingerprint density at radius 1 is 0.571 bits per heavy atom. The van der Waals surface area contributed by atoms with Crippen LogP contribution in [0.1, 0.15) is 5.56 Å². The number of nitrogens with one attached hydrogen (secondary N) is 1. The molecule has 0 radical (unpaired) electrons. The molecular formula is C19H19N2+. The highest BCUT2D eigenvalue weighted by Gasteiger charge is 2.17. The lowest BCUT2D eigenvalue weighted by atomic mass is 10.1. The SMILES string of the molecule is NCc1ccc([NH+](c2ccccc2)c2ccccc2)cc1. The molecule has 104 valence electrons. The Balaban J connectivity index is 2.07. The van der Waals surface area contributed by atoms with Crippen molar-refractivity contribution in [1.29, 1.82) is 0 Å². The summed E-state index contributed by atoms with van der Waals surface area (Å²) in [4.78, 5) is 1.25. The van der Waals surface area contributed by atoms with Gasteiger partial charge in [-0.15, -0.1) is 0 Å². The van der Waals surface area contributed by atoms with Crippen molar-refractivity contribution in [2.45, 2.75) is 6.54 Å². The predicted molar refractivity (Wildman–Crippen MR) is 87.2 cm³/mol. The van der Waals surface area contributed by atoms with Gasteiger partial charge in [0.25, 0.3) is 0 Å². The highest BCUT2D eigenvalue weighted by Crippen LogP contribution is 2.15. The van der Waals surface area contributed by atoms with Gasteiger partial charge in [0.2, 0.25) is 0 Å². The highest BCUT2D eigenvalue weighted by molar-refractivity contribution is 5.46. The van der Waals surface area contributed by atoms with Crippen LogP contribution in [-0.4, -0.2) is 0 Å². The van der Waals surface area contributed by atoms with Crippen LogP contribution >= 0.6 is 0 Å². The molecule has 3 aromatic carbocycles. The van der Waals surface area contributed by atoms with E-state index in [0.717, 1.165) is 5.56 Å². The molecule has 0 saturated heterocycles. The van der Waals surface area contributed by atoms with E-state index in [1.807, 2.05) is 12.1 Å². The first kappa shape index (κ1) is 13.6. The van der Waals surface area contributed by atoms with E-state index in [4.69, 9.17) is 5.73 Å². The van der Waals surface area contributed by atoms with Gasteiger partial charge in [-0.1, -0.05) is 48.5 Å². The Labute approximate surface area is 125 Å². The van der Waals surface area contributed by atoms with Crippen LogP contribution in [0.5, 0.6) is 0 Å². The third-order valence-electron chi connectivity index (χ3n) is 3.60. The van der Waals surface area contributed by atoms with Gasteiger partial charge < -0.3 is 5.73 Å². The third-order valence-corrected chi connectivity index (χ3v) is 3.60. The number of benzene rings is 3. The molecule has 0 saturated carbocycles. The lowest BCUT2D eigenvalue weighted by Crippen LogP contribution is -2.96. The monoisotopic (exact) mass is 275 g/mol. The van der Waals surface area contributed by atoms with Crippen molar-refractivity contribution < 1.29 is 4.90 Å². The van der Waals surface area contributed by atoms with Crippen molar-refractivity contribution in [3.05, 3.63) is 90.5 Å². The van der Waals surface area contributed by atoms with Gasteiger partial charge in [-0.2, -0.15) is 0 Å². The van der Waals surface area contributed by atoms with Crippen molar-refractivity contribution in [2.75, 3.05) is 0 Å². The topological polar surface area (TPSA) is 30.5 Å². The summed E-state index contributed by atoms with van der Waals surface area (Å²) in [5, 5.41) is 0. The average molecular weight is 275 g/mol. The van der Waals surface area contributed by atoms with E-state index in [0.29, 0.717) is 6.54 Å². The van der Waals surface area contributed by atoms with E-state index in [-0.39, 0.29) is 0 Å². The van der Waals surface area contributed by atoms with Gasteiger partial charge in [0.15, 0.2) is 0 Å². The maximum atomic E-state index is 5.69. The van der Waals surface area contributed by atoms with Crippen molar-refractivity contribution in [2.24, 2.45) is 5.73 Å². The van der Waals surface area contributed by atoms with Gasteiger partial charge in [0, 0.05) is 18.7 Å². The summed E-state index contributed by atoms with van der Waals surface area (Å²) < 4.78 is 0. The second-order valence-electron chi connectivity index (χ2n) is 5.01. The van der Waals surface area contributed by atoms with Crippen molar-refractivity contribution >= 4 is 17.1 Å². The van der Waals surface area contributed by atoms with Crippen LogP contribution in [0.2, 0.25) is 0 Å². The molecule has 0 aliphatic carbocycles. The average Bonchev–Trinajstić information content (AvgIpc) is 2.58. The normalized spacial score (nSPS) is 10.8. The minimum atomic E-state index is 0.576. The zero-order valence-electron chi connectivity index (χ0n) is 11.9. The van der Waals surface area contributed by atoms with Gasteiger partial charge in [0.05, 0.1) is 0 Å². The standard InChI is InChI=1S/C19H18N2/c20-15-16-11-13-19(14-12-16)21(17-7-3-1-4-8-17)18-9-5-2-6-10-18/h1-14H,15,20H2/p+1. The first-order chi connectivity index (χ1) is 10.4. The Morgan fingerprint density at radius 3 is 1.43 bits per heavy atom. The molecule has 3 aromatic rings. The molecule has 0 fully saturated rings. The lowest BCUT2D eigenvalue weighted by molar-refractivity contribution is -0.681. The molecule has 0 amide bonds. The fourth-order valence-electron chi connectivity index (χ4n) is 2.52. The number of nitrogens with two attached hydrogens (primary N) is 1. The molecule has 0 aliphatic heterocycles. The van der Waals surface area contributed by atoms with Crippen molar-refractivity contribution in [1.82, 2.24) is 0 Å². The summed E-state index contributed by atoms with van der Waals surface area (Å²) in [7, 11) is 0. The first-order valence-corrected chi connectivity index (χ1v) is 7.15. The highest BCUT2D eigenvalue weighted by atomic mass is 15.1. The van der Waals surface area contributed by atoms with Gasteiger partial charge in [-0.3, -0.25) is 0 Å². The Morgan fingerprint density at radius 2 is 1.00 bits per heavy atom. The number of hydrogen-bond acceptors (Lipinski definition) is 1. The fraction of sp³-hybridized carbons (Fsp3) is 0.0526. The molecule has 0 heterocycles. The maximum absolute atomic E-state index is 5.69. The third kappa shape index (κ3) is 3.02. The molecule has 3 rings (SSSR count). The fourth-order valence-corrected chi connectivity index (χ4v) is 2.52. The summed E-state index contributed by atoms with van der Waals surface area (Å²) >= 11 is 0. The van der Waals surface area contributed by atoms with Gasteiger partial charge in [0.1, 0.15) is 17.1 Å². The van der Waals surface area contributed by atoms with Crippen LogP contribution in [0.15, 0.2) is 84.9 Å². The first-order valence-electron chi connectivity index (χ1n) is 7.15. The van der Waals surface area contributed by atoms with Gasteiger partial charge in [-0.25, -0.2) is 4.90 Å². The maximum Gasteiger partial charge on any atom is 0.141 e. The lowest BCUT2D eigenvalue weighted by Gasteiger charge is -2.18. The van der Waals surface area contributed by atoms with Crippen molar-refractivity contribution in [3.63, 3.8) is 0 Å². The van der Waals surface area contributed by atoms with Crippen LogP contribution in [0, 0.1) is 0 Å². The molecule has 0 unspecified atom stereocenters. The summed E-state index contributed by atoms with van der Waals surface area (Å²) in [6.07, 6.45) is 0. The molecule has 0 spiro atoms. The molecule has 2 nitrogen and oxygen atoms in total. The zero-order chi connectivity index (χ0) is 14.5. The van der Waals surface area contributed by atoms with E-state index in [9.17, 15) is 0 Å². The molecule has 0 aromatic heterocycles. The molecule has 0 atom stereocenters. The van der Waals surface area contributed by atoms with Crippen LogP contribution in [0.3, 0.4) is 0 Å². The molecule has 3 N–H and O–H groups in total. The largest absolute Gasteiger partial charge is 0.326 e. The minimum absolute atomic E-state index is 0.576. The Hall–Kier alpha value is -2.42. The summed E-state index contributed by atoms with van der Waals surface area (Å²) in [5.41, 5.74) is 10.5.